The van der Waals surface area contributed by atoms with Crippen molar-refractivity contribution in [1.29, 1.82) is 5.26 Å². The molecule has 4 nitrogen and oxygen atoms in total. The molecule has 1 aromatic heterocycles. The van der Waals surface area contributed by atoms with Gasteiger partial charge in [0.15, 0.2) is 0 Å². The molecule has 0 spiro atoms. The third kappa shape index (κ3) is 1.34. The van der Waals surface area contributed by atoms with Crippen LogP contribution in [0, 0.1) is 11.3 Å². The summed E-state index contributed by atoms with van der Waals surface area (Å²) in [4.78, 5) is 10.9. The Labute approximate surface area is 86.0 Å². The zero-order valence-corrected chi connectivity index (χ0v) is 8.06. The fraction of sp³-hybridized carbons (Fsp3) is 0.0909. The summed E-state index contributed by atoms with van der Waals surface area (Å²) in [6.45, 7) is 0. The molecule has 0 amide bonds. The van der Waals surface area contributed by atoms with Crippen LogP contribution in [-0.2, 0) is 7.05 Å². The summed E-state index contributed by atoms with van der Waals surface area (Å²) >= 11 is 0. The number of carbonyl (C=O) groups is 1. The molecule has 2 aromatic rings. The van der Waals surface area contributed by atoms with Crippen molar-refractivity contribution in [2.45, 2.75) is 0 Å². The van der Waals surface area contributed by atoms with E-state index in [1.165, 1.54) is 0 Å². The number of carboxylic acid groups (broad SMARTS) is 1. The van der Waals surface area contributed by atoms with Crippen LogP contribution in [0.15, 0.2) is 24.4 Å². The summed E-state index contributed by atoms with van der Waals surface area (Å²) < 4.78 is 1.74. The second-order valence-electron chi connectivity index (χ2n) is 3.30. The molecule has 0 saturated heterocycles. The van der Waals surface area contributed by atoms with Crippen LogP contribution >= 0.6 is 0 Å². The number of aromatic carboxylic acids is 1. The van der Waals surface area contributed by atoms with Gasteiger partial charge in [0, 0.05) is 24.1 Å². The molecule has 0 unspecified atom stereocenters. The van der Waals surface area contributed by atoms with E-state index in [4.69, 9.17) is 10.4 Å². The second kappa shape index (κ2) is 3.14. The Balaban J connectivity index is 2.84. The smallest absolute Gasteiger partial charge is 0.337 e. The molecule has 4 heteroatoms. The first kappa shape index (κ1) is 9.28. The predicted molar refractivity (Wildman–Crippen MR) is 54.6 cm³/mol. The fourth-order valence-corrected chi connectivity index (χ4v) is 1.63. The molecule has 1 N–H and O–H groups in total. The number of nitriles is 1. The fourth-order valence-electron chi connectivity index (χ4n) is 1.63. The molecule has 0 saturated carbocycles. The van der Waals surface area contributed by atoms with E-state index in [0.717, 1.165) is 5.52 Å². The summed E-state index contributed by atoms with van der Waals surface area (Å²) in [6, 6.07) is 7.01. The van der Waals surface area contributed by atoms with Crippen molar-refractivity contribution >= 4 is 16.9 Å². The maximum absolute atomic E-state index is 10.9. The van der Waals surface area contributed by atoms with Crippen LogP contribution in [0.3, 0.4) is 0 Å². The van der Waals surface area contributed by atoms with Gasteiger partial charge in [-0.25, -0.2) is 4.79 Å². The number of rotatable bonds is 1. The number of hydrogen-bond acceptors (Lipinski definition) is 2. The van der Waals surface area contributed by atoms with E-state index in [1.807, 2.05) is 6.07 Å². The highest BCUT2D eigenvalue weighted by Crippen LogP contribution is 2.21. The second-order valence-corrected chi connectivity index (χ2v) is 3.30. The number of nitrogens with zero attached hydrogens (tertiary/aromatic N) is 2. The van der Waals surface area contributed by atoms with Gasteiger partial charge in [0.2, 0.25) is 0 Å². The van der Waals surface area contributed by atoms with Crippen LogP contribution in [0.25, 0.3) is 10.9 Å². The Hall–Kier alpha value is -2.28. The largest absolute Gasteiger partial charge is 0.478 e. The molecule has 0 atom stereocenters. The van der Waals surface area contributed by atoms with E-state index in [2.05, 4.69) is 0 Å². The van der Waals surface area contributed by atoms with Crippen molar-refractivity contribution in [3.63, 3.8) is 0 Å². The SMILES string of the molecule is Cn1cc(C(=O)O)c2cc(C#N)ccc21. The van der Waals surface area contributed by atoms with Crippen molar-refractivity contribution in [3.05, 3.63) is 35.5 Å². The quantitative estimate of drug-likeness (QED) is 0.762. The molecule has 0 bridgehead atoms. The van der Waals surface area contributed by atoms with E-state index in [1.54, 1.807) is 36.0 Å². The van der Waals surface area contributed by atoms with Gasteiger partial charge in [-0.3, -0.25) is 0 Å². The van der Waals surface area contributed by atoms with E-state index in [0.29, 0.717) is 10.9 Å². The van der Waals surface area contributed by atoms with E-state index >= 15 is 0 Å². The summed E-state index contributed by atoms with van der Waals surface area (Å²) in [6.07, 6.45) is 1.55. The first-order chi connectivity index (χ1) is 7.13. The van der Waals surface area contributed by atoms with Crippen molar-refractivity contribution in [2.24, 2.45) is 7.05 Å². The standard InChI is InChI=1S/C11H8N2O2/c1-13-6-9(11(14)15)8-4-7(5-12)2-3-10(8)13/h2-4,6H,1H3,(H,14,15). The molecule has 15 heavy (non-hydrogen) atoms. The molecule has 1 aromatic carbocycles. The van der Waals surface area contributed by atoms with Crippen molar-refractivity contribution < 1.29 is 9.90 Å². The number of benzene rings is 1. The van der Waals surface area contributed by atoms with E-state index < -0.39 is 5.97 Å². The minimum atomic E-state index is -0.976. The molecular formula is C11H8N2O2. The molecule has 2 rings (SSSR count). The predicted octanol–water partition coefficient (Wildman–Crippen LogP) is 1.75. The summed E-state index contributed by atoms with van der Waals surface area (Å²) in [5.41, 5.74) is 1.51. The molecule has 0 radical (unpaired) electrons. The maximum atomic E-state index is 10.9. The molecule has 74 valence electrons. The normalized spacial score (nSPS) is 10.1. The average molecular weight is 200 g/mol. The highest BCUT2D eigenvalue weighted by Gasteiger charge is 2.12. The average Bonchev–Trinajstić information content (AvgIpc) is 2.56. The molecule has 0 aliphatic rings. The summed E-state index contributed by atoms with van der Waals surface area (Å²) in [7, 11) is 1.78. The van der Waals surface area contributed by atoms with Crippen LogP contribution in [0.4, 0.5) is 0 Å². The summed E-state index contributed by atoms with van der Waals surface area (Å²) in [5.74, 6) is -0.976. The highest BCUT2D eigenvalue weighted by atomic mass is 16.4. The van der Waals surface area contributed by atoms with Gasteiger partial charge < -0.3 is 9.67 Å². The molecule has 0 aliphatic heterocycles. The lowest BCUT2D eigenvalue weighted by Crippen LogP contribution is -1.94. The maximum Gasteiger partial charge on any atom is 0.337 e. The minimum Gasteiger partial charge on any atom is -0.478 e. The van der Waals surface area contributed by atoms with Crippen LogP contribution < -0.4 is 0 Å². The first-order valence-corrected chi connectivity index (χ1v) is 4.36. The number of aromatic nitrogens is 1. The van der Waals surface area contributed by atoms with Crippen LogP contribution in [0.5, 0.6) is 0 Å². The third-order valence-electron chi connectivity index (χ3n) is 2.35. The Morgan fingerprint density at radius 2 is 2.27 bits per heavy atom. The minimum absolute atomic E-state index is 0.226. The first-order valence-electron chi connectivity index (χ1n) is 4.36. The Kier molecular flexibility index (Phi) is 1.94. The van der Waals surface area contributed by atoms with Crippen LogP contribution in [0.1, 0.15) is 15.9 Å². The van der Waals surface area contributed by atoms with Gasteiger partial charge in [0.05, 0.1) is 17.2 Å². The van der Waals surface area contributed by atoms with E-state index in [9.17, 15) is 4.79 Å². The Morgan fingerprint density at radius 3 is 2.87 bits per heavy atom. The zero-order chi connectivity index (χ0) is 11.0. The number of fused-ring (bicyclic) bond motifs is 1. The van der Waals surface area contributed by atoms with Gasteiger partial charge in [0.25, 0.3) is 0 Å². The van der Waals surface area contributed by atoms with E-state index in [-0.39, 0.29) is 5.56 Å². The zero-order valence-electron chi connectivity index (χ0n) is 8.06. The lowest BCUT2D eigenvalue weighted by molar-refractivity contribution is 0.0699. The lowest BCUT2D eigenvalue weighted by atomic mass is 10.1. The van der Waals surface area contributed by atoms with Crippen molar-refractivity contribution in [2.75, 3.05) is 0 Å². The number of hydrogen-bond donors (Lipinski definition) is 1. The molecule has 0 fully saturated rings. The van der Waals surface area contributed by atoms with Crippen LogP contribution in [0.2, 0.25) is 0 Å². The topological polar surface area (TPSA) is 66.0 Å². The van der Waals surface area contributed by atoms with Gasteiger partial charge in [-0.1, -0.05) is 0 Å². The van der Waals surface area contributed by atoms with Crippen molar-refractivity contribution in [1.82, 2.24) is 4.57 Å². The third-order valence-corrected chi connectivity index (χ3v) is 2.35. The van der Waals surface area contributed by atoms with Crippen LogP contribution in [-0.4, -0.2) is 15.6 Å². The highest BCUT2D eigenvalue weighted by molar-refractivity contribution is 6.03. The van der Waals surface area contributed by atoms with Gasteiger partial charge >= 0.3 is 5.97 Å². The number of carboxylic acids is 1. The van der Waals surface area contributed by atoms with Gasteiger partial charge in [0.1, 0.15) is 0 Å². The Bertz CT molecular complexity index is 590. The van der Waals surface area contributed by atoms with Crippen molar-refractivity contribution in [3.8, 4) is 6.07 Å². The molecule has 1 heterocycles. The lowest BCUT2D eigenvalue weighted by Gasteiger charge is -1.95. The van der Waals surface area contributed by atoms with Gasteiger partial charge in [-0.2, -0.15) is 5.26 Å². The number of aryl methyl sites for hydroxylation is 1. The summed E-state index contributed by atoms with van der Waals surface area (Å²) in [5, 5.41) is 18.3. The molecular weight excluding hydrogens is 192 g/mol. The monoisotopic (exact) mass is 200 g/mol. The van der Waals surface area contributed by atoms with Gasteiger partial charge in [-0.05, 0) is 18.2 Å². The molecule has 0 aliphatic carbocycles. The van der Waals surface area contributed by atoms with Gasteiger partial charge in [-0.15, -0.1) is 0 Å². The Morgan fingerprint density at radius 1 is 1.53 bits per heavy atom.